The van der Waals surface area contributed by atoms with Crippen molar-refractivity contribution >= 4 is 29.2 Å². The fourth-order valence-corrected chi connectivity index (χ4v) is 3.72. The number of anilines is 2. The Bertz CT molecular complexity index is 1100. The molecule has 0 aliphatic heterocycles. The number of carbonyl (C=O) groups is 3. The number of amides is 1. The largest absolute Gasteiger partial charge is 0.478 e. The average Bonchev–Trinajstić information content (AvgIpc) is 2.86. The van der Waals surface area contributed by atoms with E-state index in [1.54, 1.807) is 6.07 Å². The van der Waals surface area contributed by atoms with Crippen LogP contribution in [0.15, 0.2) is 78.9 Å². The number of rotatable bonds is 11. The van der Waals surface area contributed by atoms with Gasteiger partial charge in [-0.05, 0) is 35.7 Å². The number of ether oxygens (including phenoxy) is 1. The van der Waals surface area contributed by atoms with Crippen LogP contribution >= 0.6 is 0 Å². The number of aromatic carboxylic acids is 1. The van der Waals surface area contributed by atoms with Crippen molar-refractivity contribution in [3.05, 3.63) is 95.6 Å². The van der Waals surface area contributed by atoms with Crippen LogP contribution in [-0.2, 0) is 14.3 Å². The average molecular weight is 462 g/mol. The second-order valence-electron chi connectivity index (χ2n) is 7.66. The van der Waals surface area contributed by atoms with Gasteiger partial charge in [-0.3, -0.25) is 4.79 Å². The Hall–Kier alpha value is -4.33. The van der Waals surface area contributed by atoms with Crippen LogP contribution < -0.4 is 16.4 Å². The SMILES string of the molecule is COC(=O)C(Nc1cc(C(=O)O)ccc1NCCC(c1ccccc1)c1ccccc1)C(N)=O. The van der Waals surface area contributed by atoms with Crippen LogP contribution in [-0.4, -0.2) is 42.6 Å². The Morgan fingerprint density at radius 2 is 1.50 bits per heavy atom. The van der Waals surface area contributed by atoms with Crippen LogP contribution in [0.1, 0.15) is 33.8 Å². The van der Waals surface area contributed by atoms with E-state index in [1.165, 1.54) is 23.3 Å². The van der Waals surface area contributed by atoms with E-state index in [2.05, 4.69) is 39.6 Å². The zero-order chi connectivity index (χ0) is 24.5. The number of nitrogens with one attached hydrogen (secondary N) is 2. The summed E-state index contributed by atoms with van der Waals surface area (Å²) in [7, 11) is 1.14. The summed E-state index contributed by atoms with van der Waals surface area (Å²) < 4.78 is 4.64. The third-order valence-corrected chi connectivity index (χ3v) is 5.44. The molecule has 0 saturated carbocycles. The summed E-state index contributed by atoms with van der Waals surface area (Å²) in [5, 5.41) is 15.4. The van der Waals surface area contributed by atoms with Gasteiger partial charge in [-0.1, -0.05) is 60.7 Å². The lowest BCUT2D eigenvalue weighted by Crippen LogP contribution is -2.43. The number of carbonyl (C=O) groups excluding carboxylic acids is 2. The summed E-state index contributed by atoms with van der Waals surface area (Å²) >= 11 is 0. The highest BCUT2D eigenvalue weighted by molar-refractivity contribution is 6.04. The van der Waals surface area contributed by atoms with E-state index in [9.17, 15) is 19.5 Å². The third kappa shape index (κ3) is 6.13. The Labute approximate surface area is 197 Å². The van der Waals surface area contributed by atoms with Crippen LogP contribution in [0.5, 0.6) is 0 Å². The van der Waals surface area contributed by atoms with Gasteiger partial charge < -0.3 is 26.2 Å². The van der Waals surface area contributed by atoms with Gasteiger partial charge in [-0.25, -0.2) is 9.59 Å². The van der Waals surface area contributed by atoms with Gasteiger partial charge in [0.05, 0.1) is 24.0 Å². The summed E-state index contributed by atoms with van der Waals surface area (Å²) in [6.45, 7) is 0.537. The maximum absolute atomic E-state index is 12.0. The summed E-state index contributed by atoms with van der Waals surface area (Å²) in [6, 6.07) is 23.2. The molecule has 0 bridgehead atoms. The van der Waals surface area contributed by atoms with Gasteiger partial charge in [0, 0.05) is 12.5 Å². The molecule has 0 aliphatic rings. The van der Waals surface area contributed by atoms with Crippen LogP contribution in [0.4, 0.5) is 11.4 Å². The molecule has 3 aromatic rings. The van der Waals surface area contributed by atoms with E-state index in [0.29, 0.717) is 12.2 Å². The normalized spacial score (nSPS) is 11.5. The Kier molecular flexibility index (Phi) is 8.23. The van der Waals surface area contributed by atoms with E-state index in [4.69, 9.17) is 5.73 Å². The fraction of sp³-hybridized carbons (Fsp3) is 0.192. The van der Waals surface area contributed by atoms with Crippen molar-refractivity contribution in [2.24, 2.45) is 5.73 Å². The monoisotopic (exact) mass is 461 g/mol. The molecule has 176 valence electrons. The number of primary amides is 1. The Balaban J connectivity index is 1.83. The first kappa shape index (κ1) is 24.3. The lowest BCUT2D eigenvalue weighted by molar-refractivity contribution is -0.144. The minimum absolute atomic E-state index is 0.00687. The number of hydrogen-bond acceptors (Lipinski definition) is 6. The summed E-state index contributed by atoms with van der Waals surface area (Å²) in [5.41, 5.74) is 8.47. The summed E-state index contributed by atoms with van der Waals surface area (Å²) in [4.78, 5) is 35.2. The molecule has 1 atom stereocenters. The molecule has 3 aromatic carbocycles. The van der Waals surface area contributed by atoms with Crippen LogP contribution in [0, 0.1) is 0 Å². The molecule has 0 saturated heterocycles. The molecular formula is C26H27N3O5. The summed E-state index contributed by atoms with van der Waals surface area (Å²) in [6.07, 6.45) is 0.740. The summed E-state index contributed by atoms with van der Waals surface area (Å²) in [5.74, 6) is -2.81. The standard InChI is InChI=1S/C26H27N3O5/c1-34-26(33)23(24(27)30)29-22-16-19(25(31)32)12-13-21(22)28-15-14-20(17-8-4-2-5-9-17)18-10-6-3-7-11-18/h2-13,16,20,23,28-29H,14-15H2,1H3,(H2,27,30)(H,31,32). The first-order chi connectivity index (χ1) is 16.4. The molecule has 0 radical (unpaired) electrons. The van der Waals surface area contributed by atoms with Gasteiger partial charge in [-0.2, -0.15) is 0 Å². The topological polar surface area (TPSA) is 131 Å². The highest BCUT2D eigenvalue weighted by Gasteiger charge is 2.26. The second-order valence-corrected chi connectivity index (χ2v) is 7.66. The Morgan fingerprint density at radius 1 is 0.912 bits per heavy atom. The van der Waals surface area contributed by atoms with Crippen molar-refractivity contribution in [3.8, 4) is 0 Å². The zero-order valence-corrected chi connectivity index (χ0v) is 18.7. The predicted octanol–water partition coefficient (Wildman–Crippen LogP) is 3.46. The lowest BCUT2D eigenvalue weighted by Gasteiger charge is -2.21. The molecule has 0 aliphatic carbocycles. The minimum Gasteiger partial charge on any atom is -0.478 e. The van der Waals surface area contributed by atoms with Crippen molar-refractivity contribution in [1.29, 1.82) is 0 Å². The first-order valence-electron chi connectivity index (χ1n) is 10.8. The van der Waals surface area contributed by atoms with E-state index in [0.717, 1.165) is 13.5 Å². The number of nitrogens with two attached hydrogens (primary N) is 1. The predicted molar refractivity (Wildman–Crippen MR) is 130 cm³/mol. The van der Waals surface area contributed by atoms with E-state index < -0.39 is 23.9 Å². The quantitative estimate of drug-likeness (QED) is 0.254. The number of carboxylic acids is 1. The van der Waals surface area contributed by atoms with Crippen LogP contribution in [0.25, 0.3) is 0 Å². The van der Waals surface area contributed by atoms with Gasteiger partial charge >= 0.3 is 11.9 Å². The smallest absolute Gasteiger partial charge is 0.338 e. The molecule has 1 unspecified atom stereocenters. The van der Waals surface area contributed by atoms with E-state index >= 15 is 0 Å². The van der Waals surface area contributed by atoms with Crippen molar-refractivity contribution in [3.63, 3.8) is 0 Å². The van der Waals surface area contributed by atoms with Gasteiger partial charge in [0.25, 0.3) is 5.91 Å². The highest BCUT2D eigenvalue weighted by Crippen LogP contribution is 2.29. The maximum atomic E-state index is 12.0. The molecule has 8 nitrogen and oxygen atoms in total. The molecule has 8 heteroatoms. The third-order valence-electron chi connectivity index (χ3n) is 5.44. The Morgan fingerprint density at radius 3 is 2.00 bits per heavy atom. The van der Waals surface area contributed by atoms with Crippen molar-refractivity contribution in [2.45, 2.75) is 18.4 Å². The molecular weight excluding hydrogens is 434 g/mol. The van der Waals surface area contributed by atoms with Crippen LogP contribution in [0.3, 0.4) is 0 Å². The minimum atomic E-state index is -1.46. The molecule has 34 heavy (non-hydrogen) atoms. The second kappa shape index (κ2) is 11.5. The van der Waals surface area contributed by atoms with Crippen molar-refractivity contribution in [1.82, 2.24) is 0 Å². The van der Waals surface area contributed by atoms with E-state index in [-0.39, 0.29) is 17.2 Å². The van der Waals surface area contributed by atoms with E-state index in [1.807, 2.05) is 36.4 Å². The molecule has 5 N–H and O–H groups in total. The van der Waals surface area contributed by atoms with Gasteiger partial charge in [0.15, 0.2) is 0 Å². The van der Waals surface area contributed by atoms with Crippen LogP contribution in [0.2, 0.25) is 0 Å². The van der Waals surface area contributed by atoms with Crippen molar-refractivity contribution in [2.75, 3.05) is 24.3 Å². The number of benzene rings is 3. The first-order valence-corrected chi connectivity index (χ1v) is 10.8. The van der Waals surface area contributed by atoms with Gasteiger partial charge in [0.2, 0.25) is 6.04 Å². The van der Waals surface area contributed by atoms with Gasteiger partial charge in [0.1, 0.15) is 0 Å². The zero-order valence-electron chi connectivity index (χ0n) is 18.7. The lowest BCUT2D eigenvalue weighted by atomic mass is 9.88. The number of methoxy groups -OCH3 is 1. The number of esters is 1. The molecule has 0 aromatic heterocycles. The molecule has 3 rings (SSSR count). The van der Waals surface area contributed by atoms with Crippen molar-refractivity contribution < 1.29 is 24.2 Å². The van der Waals surface area contributed by atoms with Gasteiger partial charge in [-0.15, -0.1) is 0 Å². The molecule has 0 fully saturated rings. The maximum Gasteiger partial charge on any atom is 0.338 e. The fourth-order valence-electron chi connectivity index (χ4n) is 3.72. The number of carboxylic acid groups (broad SMARTS) is 1. The molecule has 0 heterocycles. The highest BCUT2D eigenvalue weighted by atomic mass is 16.5. The molecule has 0 spiro atoms. The molecule has 1 amide bonds. The number of hydrogen-bond donors (Lipinski definition) is 4.